The lowest BCUT2D eigenvalue weighted by atomic mass is 9.62. The lowest BCUT2D eigenvalue weighted by Gasteiger charge is -2.39. The van der Waals surface area contributed by atoms with Crippen molar-refractivity contribution in [1.82, 2.24) is 0 Å². The number of carbonyl (C=O) groups excluding carboxylic acids is 1. The van der Waals surface area contributed by atoms with Crippen LogP contribution in [0, 0.1) is 17.8 Å². The number of allylic oxidation sites excluding steroid dienone is 4. The van der Waals surface area contributed by atoms with Crippen LogP contribution in [0.25, 0.3) is 0 Å². The van der Waals surface area contributed by atoms with Crippen molar-refractivity contribution in [3.63, 3.8) is 0 Å². The first-order valence-electron chi connectivity index (χ1n) is 6.56. The highest BCUT2D eigenvalue weighted by Gasteiger charge is 2.51. The molecule has 0 heterocycles. The van der Waals surface area contributed by atoms with Gasteiger partial charge in [0.15, 0.2) is 0 Å². The molecule has 2 aliphatic rings. The summed E-state index contributed by atoms with van der Waals surface area (Å²) < 4.78 is 0. The average Bonchev–Trinajstić information content (AvgIpc) is 2.64. The summed E-state index contributed by atoms with van der Waals surface area (Å²) in [7, 11) is 0. The molecule has 3 atom stereocenters. The predicted octanol–water partition coefficient (Wildman–Crippen LogP) is 3.90. The van der Waals surface area contributed by atoms with Gasteiger partial charge in [0.25, 0.3) is 0 Å². The van der Waals surface area contributed by atoms with Gasteiger partial charge in [-0.05, 0) is 25.8 Å². The number of Topliss-reactive ketones (excluding diaryl/α,β-unsaturated/α-hetero) is 1. The van der Waals surface area contributed by atoms with E-state index < -0.39 is 0 Å². The Labute approximate surface area is 98.6 Å². The Bertz CT molecular complexity index is 344. The van der Waals surface area contributed by atoms with Crippen LogP contribution in [0.3, 0.4) is 0 Å². The van der Waals surface area contributed by atoms with Crippen LogP contribution in [0.15, 0.2) is 23.3 Å². The van der Waals surface area contributed by atoms with Gasteiger partial charge >= 0.3 is 0 Å². The molecule has 0 bridgehead atoms. The highest BCUT2D eigenvalue weighted by molar-refractivity contribution is 5.95. The summed E-state index contributed by atoms with van der Waals surface area (Å²) in [6, 6.07) is 0. The third kappa shape index (κ3) is 1.77. The summed E-state index contributed by atoms with van der Waals surface area (Å²) >= 11 is 0. The molecule has 1 nitrogen and oxygen atoms in total. The highest BCUT2D eigenvalue weighted by Crippen LogP contribution is 2.49. The van der Waals surface area contributed by atoms with Crippen molar-refractivity contribution in [2.75, 3.05) is 0 Å². The number of hydrogen-bond acceptors (Lipinski definition) is 1. The summed E-state index contributed by atoms with van der Waals surface area (Å²) in [4.78, 5) is 12.1. The van der Waals surface area contributed by atoms with Crippen molar-refractivity contribution in [1.29, 1.82) is 0 Å². The quantitative estimate of drug-likeness (QED) is 0.654. The fraction of sp³-hybridized carbons (Fsp3) is 0.667. The third-order valence-electron chi connectivity index (χ3n) is 4.05. The highest BCUT2D eigenvalue weighted by atomic mass is 16.1. The van der Waals surface area contributed by atoms with Crippen LogP contribution in [0.1, 0.15) is 46.5 Å². The van der Waals surface area contributed by atoms with E-state index in [9.17, 15) is 4.79 Å². The van der Waals surface area contributed by atoms with E-state index >= 15 is 0 Å². The zero-order chi connectivity index (χ0) is 11.7. The fourth-order valence-electron chi connectivity index (χ4n) is 3.07. The molecule has 0 aromatic carbocycles. The molecule has 0 saturated heterocycles. The standard InChI is InChI=1S/C15H22O/c1-4-5-6-7-13-12-9-8-11(10(2)3)14(12)15(13)16/h8-9,12-14H,4-7H2,1-3H3. The summed E-state index contributed by atoms with van der Waals surface area (Å²) in [5, 5.41) is 0. The molecule has 0 radical (unpaired) electrons. The number of fused-ring (bicyclic) bond motifs is 1. The second-order valence-electron chi connectivity index (χ2n) is 5.37. The van der Waals surface area contributed by atoms with E-state index in [1.54, 1.807) is 0 Å². The van der Waals surface area contributed by atoms with E-state index in [0.717, 1.165) is 6.42 Å². The molecule has 16 heavy (non-hydrogen) atoms. The SMILES string of the molecule is CCCCCC1C(=O)C2C(=C(C)C)C=CC12. The molecule has 0 N–H and O–H groups in total. The molecular formula is C15H22O. The molecular weight excluding hydrogens is 196 g/mol. The maximum atomic E-state index is 12.1. The van der Waals surface area contributed by atoms with E-state index in [-0.39, 0.29) is 5.92 Å². The maximum Gasteiger partial charge on any atom is 0.144 e. The minimum atomic E-state index is 0.233. The van der Waals surface area contributed by atoms with Crippen LogP contribution >= 0.6 is 0 Å². The number of hydrogen-bond donors (Lipinski definition) is 0. The van der Waals surface area contributed by atoms with Crippen molar-refractivity contribution in [3.05, 3.63) is 23.3 Å². The Morgan fingerprint density at radius 1 is 1.31 bits per heavy atom. The van der Waals surface area contributed by atoms with Crippen molar-refractivity contribution in [3.8, 4) is 0 Å². The van der Waals surface area contributed by atoms with Crippen molar-refractivity contribution < 1.29 is 4.79 Å². The van der Waals surface area contributed by atoms with Crippen molar-refractivity contribution >= 4 is 5.78 Å². The lowest BCUT2D eigenvalue weighted by Crippen LogP contribution is -2.45. The van der Waals surface area contributed by atoms with Gasteiger partial charge < -0.3 is 0 Å². The minimum absolute atomic E-state index is 0.233. The fourth-order valence-corrected chi connectivity index (χ4v) is 3.07. The van der Waals surface area contributed by atoms with Gasteiger partial charge in [0, 0.05) is 17.8 Å². The predicted molar refractivity (Wildman–Crippen MR) is 67.1 cm³/mol. The first-order chi connectivity index (χ1) is 7.66. The summed E-state index contributed by atoms with van der Waals surface area (Å²) in [6.07, 6.45) is 9.28. The topological polar surface area (TPSA) is 17.1 Å². The van der Waals surface area contributed by atoms with Gasteiger partial charge in [-0.15, -0.1) is 0 Å². The molecule has 0 amide bonds. The number of ketones is 1. The Kier molecular flexibility index (Phi) is 3.32. The number of unbranched alkanes of at least 4 members (excludes halogenated alkanes) is 2. The van der Waals surface area contributed by atoms with E-state index in [1.807, 2.05) is 0 Å². The number of carbonyl (C=O) groups is 1. The van der Waals surface area contributed by atoms with Crippen molar-refractivity contribution in [2.45, 2.75) is 46.5 Å². The molecule has 1 fully saturated rings. The van der Waals surface area contributed by atoms with E-state index in [1.165, 1.54) is 30.4 Å². The Balaban J connectivity index is 1.97. The normalized spacial score (nSPS) is 31.6. The van der Waals surface area contributed by atoms with Gasteiger partial charge in [-0.2, -0.15) is 0 Å². The van der Waals surface area contributed by atoms with E-state index in [0.29, 0.717) is 17.6 Å². The molecule has 1 saturated carbocycles. The first-order valence-corrected chi connectivity index (χ1v) is 6.56. The lowest BCUT2D eigenvalue weighted by molar-refractivity contribution is -0.137. The molecule has 88 valence electrons. The largest absolute Gasteiger partial charge is 0.299 e. The van der Waals surface area contributed by atoms with Gasteiger partial charge in [-0.25, -0.2) is 0 Å². The third-order valence-corrected chi connectivity index (χ3v) is 4.05. The van der Waals surface area contributed by atoms with Crippen LogP contribution in [-0.2, 0) is 4.79 Å². The van der Waals surface area contributed by atoms with Crippen molar-refractivity contribution in [2.24, 2.45) is 17.8 Å². The van der Waals surface area contributed by atoms with Gasteiger partial charge in [-0.1, -0.05) is 43.9 Å². The Morgan fingerprint density at radius 3 is 2.69 bits per heavy atom. The first kappa shape index (κ1) is 11.6. The zero-order valence-electron chi connectivity index (χ0n) is 10.6. The second-order valence-corrected chi connectivity index (χ2v) is 5.37. The minimum Gasteiger partial charge on any atom is -0.299 e. The number of rotatable bonds is 4. The van der Waals surface area contributed by atoms with E-state index in [2.05, 4.69) is 32.9 Å². The van der Waals surface area contributed by atoms with Crippen LogP contribution in [0.2, 0.25) is 0 Å². The molecule has 0 aliphatic heterocycles. The van der Waals surface area contributed by atoms with Gasteiger partial charge in [-0.3, -0.25) is 4.79 Å². The molecule has 0 aromatic heterocycles. The smallest absolute Gasteiger partial charge is 0.144 e. The molecule has 0 spiro atoms. The van der Waals surface area contributed by atoms with Gasteiger partial charge in [0.1, 0.15) is 5.78 Å². The van der Waals surface area contributed by atoms with E-state index in [4.69, 9.17) is 0 Å². The molecule has 3 unspecified atom stereocenters. The zero-order valence-corrected chi connectivity index (χ0v) is 10.6. The molecule has 0 aromatic rings. The monoisotopic (exact) mass is 218 g/mol. The Morgan fingerprint density at radius 2 is 2.06 bits per heavy atom. The molecule has 1 heteroatoms. The molecule has 2 rings (SSSR count). The molecule has 2 aliphatic carbocycles. The second kappa shape index (κ2) is 4.57. The Hall–Kier alpha value is -0.850. The van der Waals surface area contributed by atoms with Crippen LogP contribution < -0.4 is 0 Å². The maximum absolute atomic E-state index is 12.1. The van der Waals surface area contributed by atoms with Crippen LogP contribution in [0.4, 0.5) is 0 Å². The summed E-state index contributed by atoms with van der Waals surface area (Å²) in [5.41, 5.74) is 2.60. The summed E-state index contributed by atoms with van der Waals surface area (Å²) in [6.45, 7) is 6.43. The summed E-state index contributed by atoms with van der Waals surface area (Å²) in [5.74, 6) is 1.61. The van der Waals surface area contributed by atoms with Gasteiger partial charge in [0.2, 0.25) is 0 Å². The van der Waals surface area contributed by atoms with Crippen LogP contribution in [-0.4, -0.2) is 5.78 Å². The average molecular weight is 218 g/mol. The van der Waals surface area contributed by atoms with Gasteiger partial charge in [0.05, 0.1) is 0 Å². The van der Waals surface area contributed by atoms with Crippen LogP contribution in [0.5, 0.6) is 0 Å².